The van der Waals surface area contributed by atoms with Gasteiger partial charge >= 0.3 is 11.9 Å². The maximum Gasteiger partial charge on any atom is 0.307 e. The monoisotopic (exact) mass is 271 g/mol. The van der Waals surface area contributed by atoms with E-state index in [9.17, 15) is 14.4 Å². The average Bonchev–Trinajstić information content (AvgIpc) is 2.76. The third-order valence-electron chi connectivity index (χ3n) is 3.69. The van der Waals surface area contributed by atoms with E-state index in [0.29, 0.717) is 12.8 Å². The molecular weight excluding hydrogens is 250 g/mol. The van der Waals surface area contributed by atoms with Crippen LogP contribution in [0.3, 0.4) is 0 Å². The molecule has 0 heterocycles. The highest BCUT2D eigenvalue weighted by molar-refractivity contribution is 5.85. The number of carboxylic acids is 1. The molecule has 6 heteroatoms. The van der Waals surface area contributed by atoms with Gasteiger partial charge in [-0.2, -0.15) is 0 Å². The maximum absolute atomic E-state index is 12.2. The fourth-order valence-electron chi connectivity index (χ4n) is 2.59. The van der Waals surface area contributed by atoms with Gasteiger partial charge in [-0.25, -0.2) is 0 Å². The van der Waals surface area contributed by atoms with Crippen molar-refractivity contribution < 1.29 is 24.2 Å². The number of carbonyl (C=O) groups excluding carboxylic acids is 2. The van der Waals surface area contributed by atoms with Crippen LogP contribution in [0.2, 0.25) is 0 Å². The zero-order chi connectivity index (χ0) is 14.6. The predicted octanol–water partition coefficient (Wildman–Crippen LogP) is 0.755. The second-order valence-corrected chi connectivity index (χ2v) is 5.21. The van der Waals surface area contributed by atoms with Crippen LogP contribution in [0, 0.1) is 17.8 Å². The van der Waals surface area contributed by atoms with Crippen molar-refractivity contribution in [1.29, 1.82) is 0 Å². The maximum atomic E-state index is 12.2. The molecule has 1 N–H and O–H groups in total. The average molecular weight is 271 g/mol. The minimum absolute atomic E-state index is 0.124. The van der Waals surface area contributed by atoms with Gasteiger partial charge in [0.15, 0.2) is 0 Å². The van der Waals surface area contributed by atoms with E-state index in [4.69, 9.17) is 5.11 Å². The number of amides is 1. The van der Waals surface area contributed by atoms with E-state index < -0.39 is 17.8 Å². The summed E-state index contributed by atoms with van der Waals surface area (Å²) in [4.78, 5) is 35.8. The summed E-state index contributed by atoms with van der Waals surface area (Å²) in [5.74, 6) is -2.33. The SMILES string of the molecule is COC(=O)CCN(C)C(=O)[C@H]1CC(C)C[C@H]1C(=O)O. The normalized spacial score (nSPS) is 25.9. The molecule has 0 bridgehead atoms. The van der Waals surface area contributed by atoms with E-state index in [1.165, 1.54) is 12.0 Å². The number of aliphatic carboxylic acids is 1. The Balaban J connectivity index is 2.60. The van der Waals surface area contributed by atoms with Gasteiger partial charge in [0.2, 0.25) is 5.91 Å². The molecule has 6 nitrogen and oxygen atoms in total. The highest BCUT2D eigenvalue weighted by atomic mass is 16.5. The number of methoxy groups -OCH3 is 1. The molecule has 0 saturated heterocycles. The lowest BCUT2D eigenvalue weighted by Crippen LogP contribution is -2.37. The van der Waals surface area contributed by atoms with Crippen molar-refractivity contribution in [3.8, 4) is 0 Å². The van der Waals surface area contributed by atoms with E-state index in [2.05, 4.69) is 4.74 Å². The topological polar surface area (TPSA) is 83.9 Å². The second-order valence-electron chi connectivity index (χ2n) is 5.21. The molecule has 1 aliphatic carbocycles. The van der Waals surface area contributed by atoms with Crippen LogP contribution in [-0.2, 0) is 19.1 Å². The molecule has 0 radical (unpaired) electrons. The molecule has 1 fully saturated rings. The highest BCUT2D eigenvalue weighted by Crippen LogP contribution is 2.37. The summed E-state index contributed by atoms with van der Waals surface area (Å²) in [6, 6.07) is 0. The Bertz CT molecular complexity index is 368. The smallest absolute Gasteiger partial charge is 0.307 e. The van der Waals surface area contributed by atoms with E-state index in [1.807, 2.05) is 6.92 Å². The fourth-order valence-corrected chi connectivity index (χ4v) is 2.59. The first-order valence-corrected chi connectivity index (χ1v) is 6.41. The number of nitrogens with zero attached hydrogens (tertiary/aromatic N) is 1. The van der Waals surface area contributed by atoms with Crippen molar-refractivity contribution in [3.05, 3.63) is 0 Å². The van der Waals surface area contributed by atoms with Crippen molar-refractivity contribution >= 4 is 17.8 Å². The number of ether oxygens (including phenoxy) is 1. The van der Waals surface area contributed by atoms with Gasteiger partial charge in [-0.15, -0.1) is 0 Å². The number of carboxylic acid groups (broad SMARTS) is 1. The zero-order valence-corrected chi connectivity index (χ0v) is 11.6. The van der Waals surface area contributed by atoms with E-state index in [-0.39, 0.29) is 30.8 Å². The molecule has 3 atom stereocenters. The molecule has 108 valence electrons. The fraction of sp³-hybridized carbons (Fsp3) is 0.769. The number of hydrogen-bond donors (Lipinski definition) is 1. The van der Waals surface area contributed by atoms with E-state index in [1.54, 1.807) is 7.05 Å². The Labute approximate surface area is 112 Å². The minimum atomic E-state index is -0.913. The first-order chi connectivity index (χ1) is 8.86. The number of carbonyl (C=O) groups is 3. The number of rotatable bonds is 5. The van der Waals surface area contributed by atoms with Gasteiger partial charge in [0.1, 0.15) is 0 Å². The molecule has 1 rings (SSSR count). The van der Waals surface area contributed by atoms with Gasteiger partial charge in [0.05, 0.1) is 25.4 Å². The van der Waals surface area contributed by atoms with Crippen molar-refractivity contribution in [3.63, 3.8) is 0 Å². The molecule has 1 amide bonds. The van der Waals surface area contributed by atoms with Crippen LogP contribution in [0.5, 0.6) is 0 Å². The molecule has 1 saturated carbocycles. The van der Waals surface area contributed by atoms with Crippen LogP contribution in [-0.4, -0.2) is 48.6 Å². The third-order valence-corrected chi connectivity index (χ3v) is 3.69. The van der Waals surface area contributed by atoms with Crippen molar-refractivity contribution in [2.45, 2.75) is 26.2 Å². The second kappa shape index (κ2) is 6.54. The van der Waals surface area contributed by atoms with Gasteiger partial charge < -0.3 is 14.7 Å². The van der Waals surface area contributed by atoms with Crippen LogP contribution < -0.4 is 0 Å². The lowest BCUT2D eigenvalue weighted by molar-refractivity contribution is -0.149. The Kier molecular flexibility index (Phi) is 5.32. The molecule has 0 aromatic carbocycles. The summed E-state index contributed by atoms with van der Waals surface area (Å²) in [6.45, 7) is 2.21. The van der Waals surface area contributed by atoms with Gasteiger partial charge in [-0.05, 0) is 18.8 Å². The molecule has 0 aliphatic heterocycles. The van der Waals surface area contributed by atoms with Crippen LogP contribution >= 0.6 is 0 Å². The molecule has 19 heavy (non-hydrogen) atoms. The van der Waals surface area contributed by atoms with Crippen molar-refractivity contribution in [2.24, 2.45) is 17.8 Å². The first-order valence-electron chi connectivity index (χ1n) is 6.41. The summed E-state index contributed by atoms with van der Waals surface area (Å²) < 4.78 is 4.51. The summed E-state index contributed by atoms with van der Waals surface area (Å²) in [5, 5.41) is 9.14. The molecule has 0 aromatic heterocycles. The number of esters is 1. The van der Waals surface area contributed by atoms with Crippen LogP contribution in [0.4, 0.5) is 0 Å². The third kappa shape index (κ3) is 3.94. The lowest BCUT2D eigenvalue weighted by Gasteiger charge is -2.23. The first kappa shape index (κ1) is 15.5. The van der Waals surface area contributed by atoms with Gasteiger partial charge in [-0.3, -0.25) is 14.4 Å². The van der Waals surface area contributed by atoms with Crippen LogP contribution in [0.1, 0.15) is 26.2 Å². The highest BCUT2D eigenvalue weighted by Gasteiger charge is 2.42. The number of hydrogen-bond acceptors (Lipinski definition) is 4. The van der Waals surface area contributed by atoms with Crippen LogP contribution in [0.15, 0.2) is 0 Å². The van der Waals surface area contributed by atoms with Crippen molar-refractivity contribution in [2.75, 3.05) is 20.7 Å². The molecule has 0 spiro atoms. The molecule has 1 unspecified atom stereocenters. The summed E-state index contributed by atoms with van der Waals surface area (Å²) in [6.07, 6.45) is 1.26. The van der Waals surface area contributed by atoms with Crippen molar-refractivity contribution in [1.82, 2.24) is 4.90 Å². The summed E-state index contributed by atoms with van der Waals surface area (Å²) in [5.41, 5.74) is 0. The minimum Gasteiger partial charge on any atom is -0.481 e. The van der Waals surface area contributed by atoms with Gasteiger partial charge in [-0.1, -0.05) is 6.92 Å². The Morgan fingerprint density at radius 3 is 2.37 bits per heavy atom. The Morgan fingerprint density at radius 2 is 1.84 bits per heavy atom. The van der Waals surface area contributed by atoms with Crippen LogP contribution in [0.25, 0.3) is 0 Å². The zero-order valence-electron chi connectivity index (χ0n) is 11.6. The standard InChI is InChI=1S/C13H21NO5/c1-8-6-9(10(7-8)13(17)18)12(16)14(2)5-4-11(15)19-3/h8-10H,4-7H2,1-3H3,(H,17,18)/t8?,9-,10+/m0/s1. The lowest BCUT2D eigenvalue weighted by atomic mass is 9.95. The van der Waals surface area contributed by atoms with Gasteiger partial charge in [0, 0.05) is 13.6 Å². The van der Waals surface area contributed by atoms with E-state index in [0.717, 1.165) is 0 Å². The molecule has 1 aliphatic rings. The molecule has 0 aromatic rings. The van der Waals surface area contributed by atoms with Gasteiger partial charge in [0.25, 0.3) is 0 Å². The summed E-state index contributed by atoms with van der Waals surface area (Å²) >= 11 is 0. The summed E-state index contributed by atoms with van der Waals surface area (Å²) in [7, 11) is 2.89. The Morgan fingerprint density at radius 1 is 1.26 bits per heavy atom. The largest absolute Gasteiger partial charge is 0.481 e. The Hall–Kier alpha value is -1.59. The van der Waals surface area contributed by atoms with E-state index >= 15 is 0 Å². The predicted molar refractivity (Wildman–Crippen MR) is 67.3 cm³/mol. The quantitative estimate of drug-likeness (QED) is 0.746. The molecular formula is C13H21NO5.